The predicted octanol–water partition coefficient (Wildman–Crippen LogP) is 4.59. The van der Waals surface area contributed by atoms with Crippen LogP contribution in [0.1, 0.15) is 49.7 Å². The Morgan fingerprint density at radius 2 is 1.85 bits per heavy atom. The smallest absolute Gasteiger partial charge is 0.317 e. The lowest BCUT2D eigenvalue weighted by Crippen LogP contribution is -2.30. The quantitative estimate of drug-likeness (QED) is 0.853. The molecule has 1 nitrogen and oxygen atoms in total. The molecule has 1 aromatic rings. The Kier molecular flexibility index (Phi) is 5.08. The van der Waals surface area contributed by atoms with Crippen LogP contribution in [0.3, 0.4) is 0 Å². The van der Waals surface area contributed by atoms with Gasteiger partial charge >= 0.3 is 6.18 Å². The number of rotatable bonds is 4. The fourth-order valence-corrected chi connectivity index (χ4v) is 3.27. The van der Waals surface area contributed by atoms with Gasteiger partial charge in [0, 0.05) is 0 Å². The zero-order valence-corrected chi connectivity index (χ0v) is 11.8. The third-order valence-electron chi connectivity index (χ3n) is 4.23. The summed E-state index contributed by atoms with van der Waals surface area (Å²) in [6.07, 6.45) is -0.218. The van der Waals surface area contributed by atoms with Gasteiger partial charge < -0.3 is 5.32 Å². The van der Waals surface area contributed by atoms with E-state index in [1.165, 1.54) is 12.1 Å². The Morgan fingerprint density at radius 3 is 2.55 bits per heavy atom. The van der Waals surface area contributed by atoms with Crippen LogP contribution in [-0.2, 0) is 6.18 Å². The lowest BCUT2D eigenvalue weighted by Gasteiger charge is -2.33. The molecule has 1 saturated carbocycles. The van der Waals surface area contributed by atoms with Gasteiger partial charge in [0.25, 0.3) is 0 Å². The average Bonchev–Trinajstić information content (AvgIpc) is 2.44. The molecule has 0 amide bonds. The first-order valence-corrected chi connectivity index (χ1v) is 7.41. The van der Waals surface area contributed by atoms with Crippen molar-refractivity contribution in [1.82, 2.24) is 5.32 Å². The van der Waals surface area contributed by atoms with E-state index in [9.17, 15) is 13.2 Å². The van der Waals surface area contributed by atoms with Crippen molar-refractivity contribution in [2.75, 3.05) is 13.1 Å². The maximum atomic E-state index is 13.2. The Hall–Kier alpha value is -1.03. The number of nitrogens with one attached hydrogen (secondary N) is 1. The van der Waals surface area contributed by atoms with Gasteiger partial charge in [-0.3, -0.25) is 0 Å². The van der Waals surface area contributed by atoms with E-state index in [1.54, 1.807) is 12.1 Å². The largest absolute Gasteiger partial charge is 0.416 e. The minimum Gasteiger partial charge on any atom is -0.317 e. The number of alkyl halides is 3. The Bertz CT molecular complexity index is 428. The second-order valence-corrected chi connectivity index (χ2v) is 5.54. The topological polar surface area (TPSA) is 12.0 Å². The standard InChI is InChI=1S/C16H22F3N/c1-2-20-11-12-7-3-4-8-13(12)14-9-5-6-10-15(14)16(17,18)19/h5-6,9-10,12-13,20H,2-4,7-8,11H2,1H3. The fraction of sp³-hybridized carbons (Fsp3) is 0.625. The van der Waals surface area contributed by atoms with Crippen molar-refractivity contribution in [3.63, 3.8) is 0 Å². The lowest BCUT2D eigenvalue weighted by molar-refractivity contribution is -0.138. The SMILES string of the molecule is CCNCC1CCCCC1c1ccccc1C(F)(F)F. The van der Waals surface area contributed by atoms with Crippen molar-refractivity contribution < 1.29 is 13.2 Å². The van der Waals surface area contributed by atoms with Crippen LogP contribution in [0, 0.1) is 5.92 Å². The molecule has 2 unspecified atom stereocenters. The third-order valence-corrected chi connectivity index (χ3v) is 4.23. The van der Waals surface area contributed by atoms with Crippen LogP contribution in [0.4, 0.5) is 13.2 Å². The fourth-order valence-electron chi connectivity index (χ4n) is 3.27. The summed E-state index contributed by atoms with van der Waals surface area (Å²) < 4.78 is 39.5. The minimum atomic E-state index is -4.25. The Labute approximate surface area is 118 Å². The van der Waals surface area contributed by atoms with Crippen LogP contribution in [0.5, 0.6) is 0 Å². The predicted molar refractivity (Wildman–Crippen MR) is 74.7 cm³/mol. The molecule has 1 fully saturated rings. The van der Waals surface area contributed by atoms with Gasteiger partial charge in [-0.05, 0) is 49.4 Å². The zero-order valence-electron chi connectivity index (χ0n) is 11.8. The highest BCUT2D eigenvalue weighted by atomic mass is 19.4. The Balaban J connectivity index is 2.28. The van der Waals surface area contributed by atoms with E-state index in [4.69, 9.17) is 0 Å². The Morgan fingerprint density at radius 1 is 1.15 bits per heavy atom. The molecule has 1 N–H and O–H groups in total. The molecule has 2 atom stereocenters. The van der Waals surface area contributed by atoms with Crippen LogP contribution < -0.4 is 5.32 Å². The van der Waals surface area contributed by atoms with E-state index in [0.29, 0.717) is 11.5 Å². The first-order valence-electron chi connectivity index (χ1n) is 7.41. The van der Waals surface area contributed by atoms with Gasteiger partial charge in [-0.15, -0.1) is 0 Å². The normalized spacial score (nSPS) is 23.8. The lowest BCUT2D eigenvalue weighted by atomic mass is 9.74. The van der Waals surface area contributed by atoms with E-state index < -0.39 is 11.7 Å². The van der Waals surface area contributed by atoms with Gasteiger partial charge in [0.05, 0.1) is 5.56 Å². The van der Waals surface area contributed by atoms with Gasteiger partial charge in [-0.2, -0.15) is 13.2 Å². The molecule has 0 aliphatic heterocycles. The summed E-state index contributed by atoms with van der Waals surface area (Å²) in [6.45, 7) is 3.71. The summed E-state index contributed by atoms with van der Waals surface area (Å²) in [5.74, 6) is 0.341. The molecule has 4 heteroatoms. The van der Waals surface area contributed by atoms with Crippen LogP contribution in [0.25, 0.3) is 0 Å². The summed E-state index contributed by atoms with van der Waals surface area (Å²) >= 11 is 0. The van der Waals surface area contributed by atoms with E-state index in [1.807, 2.05) is 6.92 Å². The summed E-state index contributed by atoms with van der Waals surface area (Å²) in [6, 6.07) is 6.09. The molecule has 1 aromatic carbocycles. The van der Waals surface area contributed by atoms with Gasteiger partial charge in [0.1, 0.15) is 0 Å². The molecule has 0 radical (unpaired) electrons. The summed E-state index contributed by atoms with van der Waals surface area (Å²) in [5, 5.41) is 3.29. The van der Waals surface area contributed by atoms with Gasteiger partial charge in [0.2, 0.25) is 0 Å². The van der Waals surface area contributed by atoms with Gasteiger partial charge in [-0.25, -0.2) is 0 Å². The van der Waals surface area contributed by atoms with E-state index in [0.717, 1.165) is 38.8 Å². The molecule has 0 saturated heterocycles. The number of halogens is 3. The second-order valence-electron chi connectivity index (χ2n) is 5.54. The van der Waals surface area contributed by atoms with E-state index >= 15 is 0 Å². The van der Waals surface area contributed by atoms with Crippen molar-refractivity contribution in [3.8, 4) is 0 Å². The van der Waals surface area contributed by atoms with Crippen molar-refractivity contribution in [2.24, 2.45) is 5.92 Å². The van der Waals surface area contributed by atoms with Gasteiger partial charge in [-0.1, -0.05) is 38.0 Å². The minimum absolute atomic E-state index is 0.0284. The summed E-state index contributed by atoms with van der Waals surface area (Å²) in [5.41, 5.74) is 0.0380. The van der Waals surface area contributed by atoms with Crippen LogP contribution in [0.15, 0.2) is 24.3 Å². The second kappa shape index (κ2) is 6.61. The van der Waals surface area contributed by atoms with Gasteiger partial charge in [0.15, 0.2) is 0 Å². The average molecular weight is 285 g/mol. The highest BCUT2D eigenvalue weighted by Crippen LogP contribution is 2.43. The molecule has 0 heterocycles. The highest BCUT2D eigenvalue weighted by molar-refractivity contribution is 5.33. The number of benzene rings is 1. The molecule has 2 rings (SSSR count). The van der Waals surface area contributed by atoms with Crippen molar-refractivity contribution in [1.29, 1.82) is 0 Å². The molecule has 0 spiro atoms. The molecule has 0 aromatic heterocycles. The van der Waals surface area contributed by atoms with Crippen LogP contribution >= 0.6 is 0 Å². The van der Waals surface area contributed by atoms with E-state index in [2.05, 4.69) is 5.32 Å². The molecular weight excluding hydrogens is 263 g/mol. The van der Waals surface area contributed by atoms with Crippen LogP contribution in [0.2, 0.25) is 0 Å². The molecule has 1 aliphatic carbocycles. The number of hydrogen-bond acceptors (Lipinski definition) is 1. The summed E-state index contributed by atoms with van der Waals surface area (Å²) in [7, 11) is 0. The van der Waals surface area contributed by atoms with Crippen molar-refractivity contribution >= 4 is 0 Å². The third kappa shape index (κ3) is 3.54. The first kappa shape index (κ1) is 15.4. The molecule has 0 bridgehead atoms. The zero-order chi connectivity index (χ0) is 14.6. The van der Waals surface area contributed by atoms with Crippen LogP contribution in [-0.4, -0.2) is 13.1 Å². The van der Waals surface area contributed by atoms with Crippen molar-refractivity contribution in [2.45, 2.75) is 44.7 Å². The maximum Gasteiger partial charge on any atom is 0.416 e. The highest BCUT2D eigenvalue weighted by Gasteiger charge is 2.37. The van der Waals surface area contributed by atoms with Crippen molar-refractivity contribution in [3.05, 3.63) is 35.4 Å². The first-order chi connectivity index (χ1) is 9.54. The monoisotopic (exact) mass is 285 g/mol. The molecule has 1 aliphatic rings. The maximum absolute atomic E-state index is 13.2. The molecule has 20 heavy (non-hydrogen) atoms. The number of hydrogen-bond donors (Lipinski definition) is 1. The molecular formula is C16H22F3N. The summed E-state index contributed by atoms with van der Waals surface area (Å²) in [4.78, 5) is 0. The molecule has 112 valence electrons. The van der Waals surface area contributed by atoms with E-state index in [-0.39, 0.29) is 5.92 Å².